The number of carbonyl (C=O) groups excluding carboxylic acids is 1. The van der Waals surface area contributed by atoms with Crippen LogP contribution >= 0.6 is 15.9 Å². The lowest BCUT2D eigenvalue weighted by atomic mass is 9.62. The summed E-state index contributed by atoms with van der Waals surface area (Å²) in [6.07, 6.45) is -0.341. The number of aliphatic hydroxyl groups is 1. The van der Waals surface area contributed by atoms with E-state index in [1.54, 1.807) is 4.90 Å². The molecule has 162 valence electrons. The second kappa shape index (κ2) is 8.01. The van der Waals surface area contributed by atoms with Gasteiger partial charge in [-0.2, -0.15) is 0 Å². The number of benzene rings is 2. The predicted molar refractivity (Wildman–Crippen MR) is 124 cm³/mol. The molecule has 1 fully saturated rings. The Labute approximate surface area is 188 Å². The van der Waals surface area contributed by atoms with Crippen molar-refractivity contribution in [3.05, 3.63) is 69.7 Å². The molecule has 1 atom stereocenters. The first-order chi connectivity index (χ1) is 13.9. The van der Waals surface area contributed by atoms with E-state index < -0.39 is 16.6 Å². The third-order valence-corrected chi connectivity index (χ3v) is 6.34. The quantitative estimate of drug-likeness (QED) is 0.586. The molecule has 1 heterocycles. The number of amides is 1. The van der Waals surface area contributed by atoms with Gasteiger partial charge in [0.1, 0.15) is 11.2 Å². The van der Waals surface area contributed by atoms with Gasteiger partial charge >= 0.3 is 6.09 Å². The standard InChI is InChI=1S/C25H32BrNO3/c1-17(2)18-10-12-19(13-11-18)25(29,20-8-7-9-21(26)14-20)24(6)15-27(16-24)22(28)30-23(3,4)5/h7-14,17,29H,15-16H2,1-6H3/t25-/m0/s1. The molecule has 0 spiro atoms. The van der Waals surface area contributed by atoms with E-state index in [9.17, 15) is 9.90 Å². The van der Waals surface area contributed by atoms with Crippen molar-refractivity contribution in [2.75, 3.05) is 13.1 Å². The molecule has 0 unspecified atom stereocenters. The second-order valence-electron chi connectivity index (χ2n) is 9.89. The Bertz CT molecular complexity index is 911. The van der Waals surface area contributed by atoms with Crippen molar-refractivity contribution in [1.82, 2.24) is 4.90 Å². The second-order valence-corrected chi connectivity index (χ2v) is 10.8. The van der Waals surface area contributed by atoms with Gasteiger partial charge < -0.3 is 14.7 Å². The fourth-order valence-electron chi connectivity index (χ4n) is 4.17. The Kier molecular flexibility index (Phi) is 6.09. The molecular formula is C25H32BrNO3. The summed E-state index contributed by atoms with van der Waals surface area (Å²) in [6, 6.07) is 16.0. The van der Waals surface area contributed by atoms with Crippen LogP contribution in [0.4, 0.5) is 4.79 Å². The van der Waals surface area contributed by atoms with Crippen LogP contribution in [-0.4, -0.2) is 34.8 Å². The van der Waals surface area contributed by atoms with Gasteiger partial charge in [0, 0.05) is 23.0 Å². The zero-order valence-corrected chi connectivity index (χ0v) is 20.3. The Morgan fingerprint density at radius 1 is 1.10 bits per heavy atom. The number of nitrogens with zero attached hydrogens (tertiary/aromatic N) is 1. The fourth-order valence-corrected chi connectivity index (χ4v) is 4.57. The third kappa shape index (κ3) is 4.28. The Balaban J connectivity index is 1.98. The number of hydrogen-bond donors (Lipinski definition) is 1. The molecule has 1 amide bonds. The molecule has 2 aromatic rings. The van der Waals surface area contributed by atoms with Gasteiger partial charge in [0.2, 0.25) is 0 Å². The van der Waals surface area contributed by atoms with E-state index in [0.29, 0.717) is 19.0 Å². The molecule has 0 radical (unpaired) electrons. The van der Waals surface area contributed by atoms with Crippen molar-refractivity contribution < 1.29 is 14.6 Å². The molecule has 0 aromatic heterocycles. The third-order valence-electron chi connectivity index (χ3n) is 5.84. The number of rotatable bonds is 4. The molecule has 2 aromatic carbocycles. The maximum absolute atomic E-state index is 12.5. The molecule has 3 rings (SSSR count). The van der Waals surface area contributed by atoms with E-state index in [4.69, 9.17) is 4.74 Å². The van der Waals surface area contributed by atoms with Crippen LogP contribution in [0.2, 0.25) is 0 Å². The number of likely N-dealkylation sites (tertiary alicyclic amines) is 1. The van der Waals surface area contributed by atoms with Gasteiger partial charge in [0.15, 0.2) is 0 Å². The van der Waals surface area contributed by atoms with Crippen LogP contribution in [0.25, 0.3) is 0 Å². The van der Waals surface area contributed by atoms with Crippen LogP contribution in [0.5, 0.6) is 0 Å². The number of hydrogen-bond acceptors (Lipinski definition) is 3. The number of halogens is 1. The summed E-state index contributed by atoms with van der Waals surface area (Å²) in [5, 5.41) is 12.2. The van der Waals surface area contributed by atoms with Gasteiger partial charge in [-0.25, -0.2) is 4.79 Å². The van der Waals surface area contributed by atoms with Crippen LogP contribution in [0, 0.1) is 5.41 Å². The van der Waals surface area contributed by atoms with Gasteiger partial charge in [-0.3, -0.25) is 0 Å². The van der Waals surface area contributed by atoms with Crippen molar-refractivity contribution >= 4 is 22.0 Å². The summed E-state index contributed by atoms with van der Waals surface area (Å²) < 4.78 is 6.42. The van der Waals surface area contributed by atoms with E-state index in [-0.39, 0.29) is 6.09 Å². The Morgan fingerprint density at radius 3 is 2.20 bits per heavy atom. The normalized spacial score (nSPS) is 18.0. The van der Waals surface area contributed by atoms with E-state index in [1.807, 2.05) is 64.1 Å². The molecule has 0 saturated carbocycles. The Morgan fingerprint density at radius 2 is 1.70 bits per heavy atom. The minimum Gasteiger partial charge on any atom is -0.444 e. The van der Waals surface area contributed by atoms with E-state index in [2.05, 4.69) is 41.9 Å². The summed E-state index contributed by atoms with van der Waals surface area (Å²) in [4.78, 5) is 14.2. The summed E-state index contributed by atoms with van der Waals surface area (Å²) in [5.74, 6) is 0.417. The van der Waals surface area contributed by atoms with Crippen LogP contribution in [0.3, 0.4) is 0 Å². The van der Waals surface area contributed by atoms with Crippen molar-refractivity contribution in [2.24, 2.45) is 5.41 Å². The molecule has 30 heavy (non-hydrogen) atoms. The summed E-state index contributed by atoms with van der Waals surface area (Å²) in [5.41, 5.74) is 0.520. The number of ether oxygens (including phenoxy) is 1. The zero-order valence-electron chi connectivity index (χ0n) is 18.7. The molecule has 1 saturated heterocycles. The van der Waals surface area contributed by atoms with Crippen molar-refractivity contribution in [2.45, 2.75) is 58.7 Å². The summed E-state index contributed by atoms with van der Waals surface area (Å²) in [7, 11) is 0. The molecule has 1 aliphatic rings. The van der Waals surface area contributed by atoms with Crippen LogP contribution in [-0.2, 0) is 10.3 Å². The van der Waals surface area contributed by atoms with Gasteiger partial charge in [-0.15, -0.1) is 0 Å². The van der Waals surface area contributed by atoms with Crippen molar-refractivity contribution in [1.29, 1.82) is 0 Å². The highest BCUT2D eigenvalue weighted by Crippen LogP contribution is 2.51. The lowest BCUT2D eigenvalue weighted by Crippen LogP contribution is -2.66. The van der Waals surface area contributed by atoms with Crippen molar-refractivity contribution in [3.8, 4) is 0 Å². The minimum atomic E-state index is -1.25. The lowest BCUT2D eigenvalue weighted by molar-refractivity contribution is -0.131. The predicted octanol–water partition coefficient (Wildman–Crippen LogP) is 6.07. The SMILES string of the molecule is CC(C)c1ccc([C@](O)(c2cccc(Br)c2)C2(C)CN(C(=O)OC(C)(C)C)C2)cc1. The first-order valence-electron chi connectivity index (χ1n) is 10.4. The van der Waals surface area contributed by atoms with Crippen LogP contribution in [0.1, 0.15) is 64.2 Å². The fraction of sp³-hybridized carbons (Fsp3) is 0.480. The molecule has 4 nitrogen and oxygen atoms in total. The molecule has 1 aliphatic heterocycles. The first-order valence-corrected chi connectivity index (χ1v) is 11.2. The van der Waals surface area contributed by atoms with Crippen LogP contribution in [0.15, 0.2) is 53.0 Å². The maximum atomic E-state index is 12.5. The molecule has 0 bridgehead atoms. The largest absolute Gasteiger partial charge is 0.444 e. The smallest absolute Gasteiger partial charge is 0.410 e. The average molecular weight is 474 g/mol. The molecule has 0 aliphatic carbocycles. The average Bonchev–Trinajstić information content (AvgIpc) is 2.63. The van der Waals surface area contributed by atoms with Crippen LogP contribution < -0.4 is 0 Å². The highest BCUT2D eigenvalue weighted by molar-refractivity contribution is 9.10. The van der Waals surface area contributed by atoms with E-state index in [1.165, 1.54) is 5.56 Å². The molecule has 1 N–H and O–H groups in total. The molecule has 5 heteroatoms. The minimum absolute atomic E-state index is 0.341. The lowest BCUT2D eigenvalue weighted by Gasteiger charge is -2.56. The summed E-state index contributed by atoms with van der Waals surface area (Å²) >= 11 is 3.54. The zero-order chi connectivity index (χ0) is 22.3. The topological polar surface area (TPSA) is 49.8 Å². The van der Waals surface area contributed by atoms with Gasteiger partial charge in [0.25, 0.3) is 0 Å². The van der Waals surface area contributed by atoms with Crippen molar-refractivity contribution in [3.63, 3.8) is 0 Å². The maximum Gasteiger partial charge on any atom is 0.410 e. The van der Waals surface area contributed by atoms with Gasteiger partial charge in [-0.05, 0) is 55.5 Å². The monoisotopic (exact) mass is 473 g/mol. The summed E-state index contributed by atoms with van der Waals surface area (Å²) in [6.45, 7) is 12.7. The first kappa shape index (κ1) is 22.8. The highest BCUT2D eigenvalue weighted by atomic mass is 79.9. The van der Waals surface area contributed by atoms with E-state index in [0.717, 1.165) is 15.6 Å². The van der Waals surface area contributed by atoms with Gasteiger partial charge in [-0.1, -0.05) is 73.1 Å². The Hall–Kier alpha value is -1.85. The highest BCUT2D eigenvalue weighted by Gasteiger charge is 2.57. The van der Waals surface area contributed by atoms with Gasteiger partial charge in [0.05, 0.1) is 0 Å². The van der Waals surface area contributed by atoms with E-state index >= 15 is 0 Å². The molecular weight excluding hydrogens is 442 g/mol. The number of carbonyl (C=O) groups is 1.